The normalized spacial score (nSPS) is 14.4. The molecule has 0 aliphatic heterocycles. The van der Waals surface area contributed by atoms with E-state index in [1.54, 1.807) is 0 Å². The van der Waals surface area contributed by atoms with Crippen LogP contribution in [0.2, 0.25) is 0 Å². The van der Waals surface area contributed by atoms with Crippen LogP contribution in [0.15, 0.2) is 182 Å². The number of hydrogen-bond donors (Lipinski definition) is 0. The van der Waals surface area contributed by atoms with Gasteiger partial charge in [0.15, 0.2) is 0 Å². The van der Waals surface area contributed by atoms with Crippen molar-refractivity contribution in [2.24, 2.45) is 0 Å². The van der Waals surface area contributed by atoms with Crippen molar-refractivity contribution >= 4 is 38.9 Å². The summed E-state index contributed by atoms with van der Waals surface area (Å²) >= 11 is 0. The van der Waals surface area contributed by atoms with Crippen molar-refractivity contribution in [3.8, 4) is 39.1 Å². The Morgan fingerprint density at radius 1 is 0.357 bits per heavy atom. The van der Waals surface area contributed by atoms with E-state index in [-0.39, 0.29) is 10.8 Å². The SMILES string of the molecule is CC1(C)c2ccccc2-c2ccc(N(c3ccccc3)c3ccc4c(c3)C(C)(C)c3cc(-c5ccc6c(c5)c5ccccc5n6-c5ccccc5)ccc3-4)cc21. The van der Waals surface area contributed by atoms with Gasteiger partial charge in [-0.2, -0.15) is 0 Å². The molecule has 2 heteroatoms. The quantitative estimate of drug-likeness (QED) is 0.172. The molecule has 0 unspecified atom stereocenters. The number of nitrogens with zero attached hydrogens (tertiary/aromatic N) is 2. The highest BCUT2D eigenvalue weighted by Gasteiger charge is 2.38. The summed E-state index contributed by atoms with van der Waals surface area (Å²) in [5.41, 5.74) is 20.2. The molecule has 0 bridgehead atoms. The first-order valence-corrected chi connectivity index (χ1v) is 19.8. The maximum absolute atomic E-state index is 2.45. The van der Waals surface area contributed by atoms with Crippen LogP contribution in [-0.2, 0) is 10.8 Å². The van der Waals surface area contributed by atoms with Gasteiger partial charge >= 0.3 is 0 Å². The first-order valence-electron chi connectivity index (χ1n) is 19.8. The Bertz CT molecular complexity index is 3020. The topological polar surface area (TPSA) is 8.17 Å². The molecule has 1 aromatic heterocycles. The molecule has 0 amide bonds. The fourth-order valence-corrected chi connectivity index (χ4v) is 9.91. The molecule has 0 saturated heterocycles. The molecule has 2 aliphatic carbocycles. The molecule has 0 spiro atoms. The minimum absolute atomic E-state index is 0.0763. The zero-order valence-electron chi connectivity index (χ0n) is 32.2. The van der Waals surface area contributed by atoms with E-state index in [0.29, 0.717) is 0 Å². The largest absolute Gasteiger partial charge is 0.310 e. The molecule has 2 aliphatic rings. The highest BCUT2D eigenvalue weighted by Crippen LogP contribution is 2.53. The molecule has 268 valence electrons. The van der Waals surface area contributed by atoms with Gasteiger partial charge in [-0.05, 0) is 128 Å². The molecule has 11 rings (SSSR count). The lowest BCUT2D eigenvalue weighted by atomic mass is 9.81. The lowest BCUT2D eigenvalue weighted by molar-refractivity contribution is 0.660. The summed E-state index contributed by atoms with van der Waals surface area (Å²) in [6, 6.07) is 67.4. The lowest BCUT2D eigenvalue weighted by Crippen LogP contribution is -2.18. The van der Waals surface area contributed by atoms with Crippen LogP contribution in [0.5, 0.6) is 0 Å². The van der Waals surface area contributed by atoms with Gasteiger partial charge in [0.25, 0.3) is 0 Å². The molecule has 0 N–H and O–H groups in total. The third-order valence-electron chi connectivity index (χ3n) is 12.8. The van der Waals surface area contributed by atoms with Crippen LogP contribution in [0.4, 0.5) is 17.1 Å². The molecule has 56 heavy (non-hydrogen) atoms. The molecular formula is C54H42N2. The number of hydrogen-bond acceptors (Lipinski definition) is 1. The predicted molar refractivity (Wildman–Crippen MR) is 236 cm³/mol. The van der Waals surface area contributed by atoms with Gasteiger partial charge in [-0.15, -0.1) is 0 Å². The van der Waals surface area contributed by atoms with Crippen LogP contribution in [0.1, 0.15) is 49.9 Å². The molecule has 0 saturated carbocycles. The van der Waals surface area contributed by atoms with Crippen LogP contribution in [0.25, 0.3) is 60.9 Å². The number of fused-ring (bicyclic) bond motifs is 9. The number of aromatic nitrogens is 1. The minimum atomic E-state index is -0.186. The molecule has 0 fully saturated rings. The van der Waals surface area contributed by atoms with Gasteiger partial charge in [0.2, 0.25) is 0 Å². The van der Waals surface area contributed by atoms with Gasteiger partial charge < -0.3 is 9.47 Å². The van der Waals surface area contributed by atoms with Crippen LogP contribution in [0, 0.1) is 0 Å². The van der Waals surface area contributed by atoms with Crippen LogP contribution >= 0.6 is 0 Å². The molecule has 8 aromatic carbocycles. The summed E-state index contributed by atoms with van der Waals surface area (Å²) in [7, 11) is 0. The summed E-state index contributed by atoms with van der Waals surface area (Å²) in [4.78, 5) is 2.44. The van der Waals surface area contributed by atoms with Crippen molar-refractivity contribution in [3.63, 3.8) is 0 Å². The van der Waals surface area contributed by atoms with Crippen LogP contribution in [0.3, 0.4) is 0 Å². The second-order valence-corrected chi connectivity index (χ2v) is 16.6. The Morgan fingerprint density at radius 3 is 1.57 bits per heavy atom. The zero-order chi connectivity index (χ0) is 37.8. The average Bonchev–Trinajstić information content (AvgIpc) is 3.78. The van der Waals surface area contributed by atoms with Crippen molar-refractivity contribution in [1.82, 2.24) is 4.57 Å². The van der Waals surface area contributed by atoms with E-state index in [1.165, 1.54) is 94.5 Å². The summed E-state index contributed by atoms with van der Waals surface area (Å²) in [6.45, 7) is 9.51. The fraction of sp³-hybridized carbons (Fsp3) is 0.111. The van der Waals surface area contributed by atoms with E-state index < -0.39 is 0 Å². The van der Waals surface area contributed by atoms with Crippen molar-refractivity contribution in [1.29, 1.82) is 0 Å². The maximum atomic E-state index is 2.45. The molecule has 0 atom stereocenters. The van der Waals surface area contributed by atoms with Crippen molar-refractivity contribution in [2.45, 2.75) is 38.5 Å². The first-order chi connectivity index (χ1) is 27.3. The van der Waals surface area contributed by atoms with Gasteiger partial charge in [-0.25, -0.2) is 0 Å². The fourth-order valence-electron chi connectivity index (χ4n) is 9.91. The third kappa shape index (κ3) is 4.69. The van der Waals surface area contributed by atoms with Gasteiger partial charge in [0.05, 0.1) is 11.0 Å². The Morgan fingerprint density at radius 2 is 0.857 bits per heavy atom. The Kier molecular flexibility index (Phi) is 6.98. The second-order valence-electron chi connectivity index (χ2n) is 16.6. The molecule has 1 heterocycles. The molecular weight excluding hydrogens is 677 g/mol. The number of anilines is 3. The van der Waals surface area contributed by atoms with Crippen molar-refractivity contribution in [3.05, 3.63) is 204 Å². The van der Waals surface area contributed by atoms with E-state index in [9.17, 15) is 0 Å². The molecule has 2 nitrogen and oxygen atoms in total. The highest BCUT2D eigenvalue weighted by molar-refractivity contribution is 6.10. The number of benzene rings is 8. The maximum Gasteiger partial charge on any atom is 0.0541 e. The summed E-state index contributed by atoms with van der Waals surface area (Å²) in [5.74, 6) is 0. The Balaban J connectivity index is 1.00. The Hall–Kier alpha value is -6.64. The van der Waals surface area contributed by atoms with Gasteiger partial charge in [-0.3, -0.25) is 0 Å². The van der Waals surface area contributed by atoms with Crippen LogP contribution < -0.4 is 4.90 Å². The van der Waals surface area contributed by atoms with E-state index >= 15 is 0 Å². The van der Waals surface area contributed by atoms with E-state index in [1.807, 2.05) is 0 Å². The predicted octanol–water partition coefficient (Wildman–Crippen LogP) is 14.5. The number of rotatable bonds is 5. The van der Waals surface area contributed by atoms with Crippen LogP contribution in [-0.4, -0.2) is 4.57 Å². The van der Waals surface area contributed by atoms with E-state index in [2.05, 4.69) is 219 Å². The standard InChI is InChI=1S/C54H42N2/c1-53(2)47-21-13-11-19-41(47)43-28-25-39(33-49(43)53)55(37-15-7-5-8-16-37)40-26-29-44-42-27-23-36(32-48(42)54(3,4)50(44)34-40)35-24-30-52-46(31-35)45-20-12-14-22-51(45)56(52)38-17-9-6-10-18-38/h5-34H,1-4H3. The monoisotopic (exact) mass is 718 g/mol. The number of para-hydroxylation sites is 3. The summed E-state index contributed by atoms with van der Waals surface area (Å²) in [6.07, 6.45) is 0. The van der Waals surface area contributed by atoms with Gasteiger partial charge in [0.1, 0.15) is 0 Å². The summed E-state index contributed by atoms with van der Waals surface area (Å²) in [5, 5.41) is 2.54. The van der Waals surface area contributed by atoms with Gasteiger partial charge in [0, 0.05) is 44.4 Å². The Labute approximate surface area is 328 Å². The lowest BCUT2D eigenvalue weighted by Gasteiger charge is -2.29. The molecule has 9 aromatic rings. The zero-order valence-corrected chi connectivity index (χ0v) is 32.2. The second kappa shape index (κ2) is 11.9. The van der Waals surface area contributed by atoms with Crippen molar-refractivity contribution < 1.29 is 0 Å². The average molecular weight is 719 g/mol. The minimum Gasteiger partial charge on any atom is -0.310 e. The van der Waals surface area contributed by atoms with Gasteiger partial charge in [-0.1, -0.05) is 137 Å². The third-order valence-corrected chi connectivity index (χ3v) is 12.8. The van der Waals surface area contributed by atoms with Crippen molar-refractivity contribution in [2.75, 3.05) is 4.90 Å². The molecule has 0 radical (unpaired) electrons. The van der Waals surface area contributed by atoms with E-state index in [4.69, 9.17) is 0 Å². The first kappa shape index (κ1) is 32.8. The van der Waals surface area contributed by atoms with E-state index in [0.717, 1.165) is 5.69 Å². The summed E-state index contributed by atoms with van der Waals surface area (Å²) < 4.78 is 2.38. The highest BCUT2D eigenvalue weighted by atomic mass is 15.1. The smallest absolute Gasteiger partial charge is 0.0541 e.